The normalized spacial score (nSPS) is 11.6. The van der Waals surface area contributed by atoms with Gasteiger partial charge in [0.05, 0.1) is 11.6 Å². The Kier molecular flexibility index (Phi) is 6.49. The lowest BCUT2D eigenvalue weighted by atomic mass is 10.1. The number of hydrogen-bond donors (Lipinski definition) is 1. The highest BCUT2D eigenvalue weighted by molar-refractivity contribution is 7.98. The van der Waals surface area contributed by atoms with Gasteiger partial charge < -0.3 is 10.1 Å². The van der Waals surface area contributed by atoms with Gasteiger partial charge >= 0.3 is 0 Å². The minimum atomic E-state index is -0.427. The fraction of sp³-hybridized carbons (Fsp3) is 0.136. The number of nitrogens with one attached hydrogen (secondary N) is 1. The Morgan fingerprint density at radius 1 is 1.00 bits per heavy atom. The first-order valence-electron chi connectivity index (χ1n) is 8.55. The lowest BCUT2D eigenvalue weighted by Gasteiger charge is -2.20. The van der Waals surface area contributed by atoms with Crippen LogP contribution in [-0.2, 0) is 0 Å². The van der Waals surface area contributed by atoms with E-state index in [4.69, 9.17) is 4.74 Å². The molecular formula is C22H20FNO2S. The molecular weight excluding hydrogens is 361 g/mol. The van der Waals surface area contributed by atoms with Crippen LogP contribution in [0.25, 0.3) is 0 Å². The molecule has 0 saturated heterocycles. The summed E-state index contributed by atoms with van der Waals surface area (Å²) in [5.74, 6) is -0.452. The van der Waals surface area contributed by atoms with Crippen molar-refractivity contribution in [3.8, 4) is 5.75 Å². The van der Waals surface area contributed by atoms with E-state index in [1.54, 1.807) is 24.3 Å². The minimum Gasteiger partial charge on any atom is -0.488 e. The van der Waals surface area contributed by atoms with Crippen LogP contribution < -0.4 is 10.1 Å². The molecule has 0 saturated carbocycles. The van der Waals surface area contributed by atoms with E-state index in [1.807, 2.05) is 54.8 Å². The predicted octanol–water partition coefficient (Wildman–Crippen LogP) is 5.10. The number of hydrogen-bond acceptors (Lipinski definition) is 3. The highest BCUT2D eigenvalue weighted by atomic mass is 32.2. The van der Waals surface area contributed by atoms with Gasteiger partial charge in [-0.1, -0.05) is 54.6 Å². The second-order valence-corrected chi connectivity index (χ2v) is 6.73. The first-order chi connectivity index (χ1) is 13.2. The summed E-state index contributed by atoms with van der Waals surface area (Å²) >= 11 is 1.52. The molecule has 1 atom stereocenters. The lowest BCUT2D eigenvalue weighted by molar-refractivity contribution is 0.0917. The third-order valence-corrected chi connectivity index (χ3v) is 4.90. The number of para-hydroxylation sites is 1. The van der Waals surface area contributed by atoms with Gasteiger partial charge in [-0.15, -0.1) is 11.8 Å². The molecule has 3 nitrogen and oxygen atoms in total. The molecule has 138 valence electrons. The van der Waals surface area contributed by atoms with E-state index in [1.165, 1.54) is 17.8 Å². The van der Waals surface area contributed by atoms with Crippen molar-refractivity contribution >= 4 is 17.7 Å². The van der Waals surface area contributed by atoms with Crippen LogP contribution in [0.5, 0.6) is 5.75 Å². The zero-order valence-corrected chi connectivity index (χ0v) is 15.7. The van der Waals surface area contributed by atoms with E-state index in [-0.39, 0.29) is 18.3 Å². The zero-order valence-electron chi connectivity index (χ0n) is 14.9. The van der Waals surface area contributed by atoms with Crippen LogP contribution in [0.3, 0.4) is 0 Å². The Hall–Kier alpha value is -2.79. The van der Waals surface area contributed by atoms with Crippen molar-refractivity contribution in [2.75, 3.05) is 12.9 Å². The molecule has 0 aliphatic carbocycles. The molecule has 0 aliphatic heterocycles. The van der Waals surface area contributed by atoms with Gasteiger partial charge in [-0.25, -0.2) is 4.39 Å². The minimum absolute atomic E-state index is 0.123. The molecule has 3 aromatic carbocycles. The van der Waals surface area contributed by atoms with Gasteiger partial charge in [0.25, 0.3) is 5.91 Å². The molecule has 5 heteroatoms. The Balaban J connectivity index is 1.80. The number of benzene rings is 3. The van der Waals surface area contributed by atoms with Crippen LogP contribution in [0.15, 0.2) is 83.8 Å². The van der Waals surface area contributed by atoms with Gasteiger partial charge in [0.1, 0.15) is 6.61 Å². The van der Waals surface area contributed by atoms with Crippen molar-refractivity contribution in [2.24, 2.45) is 0 Å². The molecule has 1 N–H and O–H groups in total. The van der Waals surface area contributed by atoms with E-state index < -0.39 is 11.9 Å². The summed E-state index contributed by atoms with van der Waals surface area (Å²) in [4.78, 5) is 13.7. The second-order valence-electron chi connectivity index (χ2n) is 5.88. The Labute approximate surface area is 162 Å². The van der Waals surface area contributed by atoms with E-state index >= 15 is 0 Å². The van der Waals surface area contributed by atoms with Crippen molar-refractivity contribution in [1.82, 2.24) is 5.32 Å². The number of amides is 1. The summed E-state index contributed by atoms with van der Waals surface area (Å²) in [6.07, 6.45) is 1.93. The maximum atomic E-state index is 13.9. The molecule has 3 rings (SSSR count). The largest absolute Gasteiger partial charge is 0.488 e. The maximum absolute atomic E-state index is 13.9. The monoisotopic (exact) mass is 381 g/mol. The predicted molar refractivity (Wildman–Crippen MR) is 107 cm³/mol. The van der Waals surface area contributed by atoms with Crippen molar-refractivity contribution in [3.63, 3.8) is 0 Å². The van der Waals surface area contributed by atoms with E-state index in [9.17, 15) is 9.18 Å². The second kappa shape index (κ2) is 9.24. The summed E-state index contributed by atoms with van der Waals surface area (Å²) in [5.41, 5.74) is 1.50. The molecule has 0 bridgehead atoms. The van der Waals surface area contributed by atoms with Crippen molar-refractivity contribution in [3.05, 3.63) is 95.8 Å². The van der Waals surface area contributed by atoms with Crippen LogP contribution in [-0.4, -0.2) is 18.8 Å². The van der Waals surface area contributed by atoms with Crippen LogP contribution in [0.2, 0.25) is 0 Å². The molecule has 3 aromatic rings. The van der Waals surface area contributed by atoms with E-state index in [0.29, 0.717) is 5.56 Å². The van der Waals surface area contributed by atoms with Crippen molar-refractivity contribution in [2.45, 2.75) is 10.9 Å². The van der Waals surface area contributed by atoms with E-state index in [0.717, 1.165) is 10.5 Å². The van der Waals surface area contributed by atoms with Gasteiger partial charge in [-0.3, -0.25) is 4.79 Å². The summed E-state index contributed by atoms with van der Waals surface area (Å²) in [7, 11) is 0. The highest BCUT2D eigenvalue weighted by Crippen LogP contribution is 2.23. The standard InChI is InChI=1S/C22H20FNO2S/c1-27-21-14-8-5-11-17(21)22(25)24-19(16-9-3-2-4-10-16)15-26-20-13-7-6-12-18(20)23/h2-14,19H,15H2,1H3,(H,24,25). The van der Waals surface area contributed by atoms with Gasteiger partial charge in [0.15, 0.2) is 11.6 Å². The maximum Gasteiger partial charge on any atom is 0.253 e. The molecule has 0 spiro atoms. The highest BCUT2D eigenvalue weighted by Gasteiger charge is 2.19. The zero-order chi connectivity index (χ0) is 19.1. The average Bonchev–Trinajstić information content (AvgIpc) is 2.72. The SMILES string of the molecule is CSc1ccccc1C(=O)NC(COc1ccccc1F)c1ccccc1. The molecule has 1 amide bonds. The summed E-state index contributed by atoms with van der Waals surface area (Å²) in [5, 5.41) is 3.01. The van der Waals surface area contributed by atoms with Gasteiger partial charge in [0, 0.05) is 4.90 Å². The number of rotatable bonds is 7. The molecule has 0 radical (unpaired) electrons. The Morgan fingerprint density at radius 3 is 2.41 bits per heavy atom. The quantitative estimate of drug-likeness (QED) is 0.579. The smallest absolute Gasteiger partial charge is 0.253 e. The van der Waals surface area contributed by atoms with Gasteiger partial charge in [-0.05, 0) is 36.1 Å². The molecule has 0 fully saturated rings. The third kappa shape index (κ3) is 4.89. The lowest BCUT2D eigenvalue weighted by Crippen LogP contribution is -2.32. The van der Waals surface area contributed by atoms with Gasteiger partial charge in [0.2, 0.25) is 0 Å². The first kappa shape index (κ1) is 19.0. The first-order valence-corrected chi connectivity index (χ1v) is 9.77. The summed E-state index contributed by atoms with van der Waals surface area (Å²) in [6, 6.07) is 22.8. The Bertz CT molecular complexity index is 902. The molecule has 27 heavy (non-hydrogen) atoms. The topological polar surface area (TPSA) is 38.3 Å². The van der Waals surface area contributed by atoms with Crippen LogP contribution >= 0.6 is 11.8 Å². The average molecular weight is 381 g/mol. The van der Waals surface area contributed by atoms with Crippen molar-refractivity contribution in [1.29, 1.82) is 0 Å². The molecule has 0 aromatic heterocycles. The van der Waals surface area contributed by atoms with Crippen LogP contribution in [0, 0.1) is 5.82 Å². The number of ether oxygens (including phenoxy) is 1. The van der Waals surface area contributed by atoms with Crippen LogP contribution in [0.4, 0.5) is 4.39 Å². The van der Waals surface area contributed by atoms with Crippen LogP contribution in [0.1, 0.15) is 22.0 Å². The molecule has 0 aliphatic rings. The number of thioether (sulfide) groups is 1. The summed E-state index contributed by atoms with van der Waals surface area (Å²) in [6.45, 7) is 0.123. The summed E-state index contributed by atoms with van der Waals surface area (Å²) < 4.78 is 19.5. The fourth-order valence-electron chi connectivity index (χ4n) is 2.71. The molecule has 1 unspecified atom stereocenters. The number of halogens is 1. The number of carbonyl (C=O) groups excluding carboxylic acids is 1. The van der Waals surface area contributed by atoms with E-state index in [2.05, 4.69) is 5.32 Å². The van der Waals surface area contributed by atoms with Gasteiger partial charge in [-0.2, -0.15) is 0 Å². The molecule has 0 heterocycles. The fourth-order valence-corrected chi connectivity index (χ4v) is 3.30. The third-order valence-electron chi connectivity index (χ3n) is 4.10. The Morgan fingerprint density at radius 2 is 1.67 bits per heavy atom. The van der Waals surface area contributed by atoms with Crippen molar-refractivity contribution < 1.29 is 13.9 Å². The number of carbonyl (C=O) groups is 1.